The maximum Gasteiger partial charge on any atom is 0.263 e. The first-order valence-electron chi connectivity index (χ1n) is 8.63. The van der Waals surface area contributed by atoms with Gasteiger partial charge in [-0.25, -0.2) is 8.78 Å². The van der Waals surface area contributed by atoms with E-state index in [1.807, 2.05) is 31.2 Å². The van der Waals surface area contributed by atoms with Crippen molar-refractivity contribution in [2.75, 3.05) is 24.5 Å². The SMILES string of the molecule is Cc1ccccc1N1CCN(C(=O)C(C)Oc2ccc(F)cc2F)CC1=O. The summed E-state index contributed by atoms with van der Waals surface area (Å²) in [6, 6.07) is 10.4. The van der Waals surface area contributed by atoms with Crippen molar-refractivity contribution < 1.29 is 23.1 Å². The predicted octanol–water partition coefficient (Wildman–Crippen LogP) is 2.92. The Bertz CT molecular complexity index is 872. The monoisotopic (exact) mass is 374 g/mol. The number of piperazine rings is 1. The maximum absolute atomic E-state index is 13.7. The zero-order valence-electron chi connectivity index (χ0n) is 15.1. The van der Waals surface area contributed by atoms with Crippen LogP contribution in [-0.2, 0) is 9.59 Å². The van der Waals surface area contributed by atoms with E-state index >= 15 is 0 Å². The van der Waals surface area contributed by atoms with E-state index in [0.717, 1.165) is 23.4 Å². The van der Waals surface area contributed by atoms with Crippen LogP contribution in [0.25, 0.3) is 0 Å². The molecular formula is C20H20F2N2O3. The van der Waals surface area contributed by atoms with Crippen LogP contribution in [0.1, 0.15) is 12.5 Å². The lowest BCUT2D eigenvalue weighted by atomic mass is 10.1. The van der Waals surface area contributed by atoms with Gasteiger partial charge in [0.2, 0.25) is 5.91 Å². The third-order valence-corrected chi connectivity index (χ3v) is 4.48. The van der Waals surface area contributed by atoms with Crippen molar-refractivity contribution >= 4 is 17.5 Å². The van der Waals surface area contributed by atoms with E-state index in [0.29, 0.717) is 19.2 Å². The van der Waals surface area contributed by atoms with Gasteiger partial charge in [-0.15, -0.1) is 0 Å². The molecule has 1 atom stereocenters. The molecule has 142 valence electrons. The predicted molar refractivity (Wildman–Crippen MR) is 96.6 cm³/mol. The fourth-order valence-corrected chi connectivity index (χ4v) is 3.05. The van der Waals surface area contributed by atoms with Crippen LogP contribution in [0.15, 0.2) is 42.5 Å². The van der Waals surface area contributed by atoms with Gasteiger partial charge in [0.05, 0.1) is 0 Å². The van der Waals surface area contributed by atoms with Crippen molar-refractivity contribution in [2.45, 2.75) is 20.0 Å². The molecule has 0 saturated carbocycles. The summed E-state index contributed by atoms with van der Waals surface area (Å²) in [7, 11) is 0. The molecule has 1 aliphatic heterocycles. The summed E-state index contributed by atoms with van der Waals surface area (Å²) in [6.07, 6.45) is -0.997. The second-order valence-corrected chi connectivity index (χ2v) is 6.43. The number of rotatable bonds is 4. The van der Waals surface area contributed by atoms with Gasteiger partial charge >= 0.3 is 0 Å². The number of aryl methyl sites for hydroxylation is 1. The lowest BCUT2D eigenvalue weighted by molar-refractivity contribution is -0.142. The molecule has 0 N–H and O–H groups in total. The van der Waals surface area contributed by atoms with E-state index in [-0.39, 0.29) is 18.2 Å². The van der Waals surface area contributed by atoms with Crippen molar-refractivity contribution in [3.05, 3.63) is 59.7 Å². The molecule has 2 amide bonds. The Kier molecular flexibility index (Phi) is 5.39. The van der Waals surface area contributed by atoms with Crippen LogP contribution in [0.2, 0.25) is 0 Å². The van der Waals surface area contributed by atoms with Gasteiger partial charge in [0, 0.05) is 24.8 Å². The zero-order valence-corrected chi connectivity index (χ0v) is 15.1. The van der Waals surface area contributed by atoms with E-state index in [1.165, 1.54) is 11.8 Å². The summed E-state index contributed by atoms with van der Waals surface area (Å²) in [5, 5.41) is 0. The van der Waals surface area contributed by atoms with Crippen LogP contribution in [0, 0.1) is 18.6 Å². The standard InChI is InChI=1S/C20H20F2N2O3/c1-13-5-3-4-6-17(13)24-10-9-23(12-19(24)25)20(26)14(2)27-18-8-7-15(21)11-16(18)22/h3-8,11,14H,9-10,12H2,1-2H3. The second kappa shape index (κ2) is 7.73. The van der Waals surface area contributed by atoms with E-state index in [1.54, 1.807) is 4.90 Å². The Hall–Kier alpha value is -2.96. The van der Waals surface area contributed by atoms with E-state index in [9.17, 15) is 18.4 Å². The number of hydrogen-bond donors (Lipinski definition) is 0. The minimum absolute atomic E-state index is 0.0766. The molecule has 1 heterocycles. The van der Waals surface area contributed by atoms with Crippen molar-refractivity contribution in [2.24, 2.45) is 0 Å². The van der Waals surface area contributed by atoms with Gasteiger partial charge in [-0.1, -0.05) is 18.2 Å². The van der Waals surface area contributed by atoms with Gasteiger partial charge in [-0.05, 0) is 37.6 Å². The number of carbonyl (C=O) groups excluding carboxylic acids is 2. The molecule has 1 unspecified atom stereocenters. The fourth-order valence-electron chi connectivity index (χ4n) is 3.05. The van der Waals surface area contributed by atoms with Gasteiger partial charge in [-0.2, -0.15) is 0 Å². The van der Waals surface area contributed by atoms with Gasteiger partial charge in [0.1, 0.15) is 12.4 Å². The van der Waals surface area contributed by atoms with Crippen LogP contribution in [0.5, 0.6) is 5.75 Å². The molecule has 5 nitrogen and oxygen atoms in total. The second-order valence-electron chi connectivity index (χ2n) is 6.43. The van der Waals surface area contributed by atoms with Crippen LogP contribution in [-0.4, -0.2) is 42.5 Å². The number of nitrogens with zero attached hydrogens (tertiary/aromatic N) is 2. The van der Waals surface area contributed by atoms with Crippen molar-refractivity contribution in [1.29, 1.82) is 0 Å². The quantitative estimate of drug-likeness (QED) is 0.827. The molecule has 3 rings (SSSR count). The smallest absolute Gasteiger partial charge is 0.263 e. The minimum Gasteiger partial charge on any atom is -0.478 e. The molecule has 27 heavy (non-hydrogen) atoms. The molecule has 2 aromatic rings. The number of benzene rings is 2. The van der Waals surface area contributed by atoms with Crippen LogP contribution < -0.4 is 9.64 Å². The molecule has 0 radical (unpaired) electrons. The Morgan fingerprint density at radius 1 is 1.15 bits per heavy atom. The van der Waals surface area contributed by atoms with Crippen LogP contribution in [0.4, 0.5) is 14.5 Å². The number of amides is 2. The fraction of sp³-hybridized carbons (Fsp3) is 0.300. The van der Waals surface area contributed by atoms with Gasteiger partial charge < -0.3 is 14.5 Å². The molecular weight excluding hydrogens is 354 g/mol. The molecule has 0 aromatic heterocycles. The van der Waals surface area contributed by atoms with Crippen molar-refractivity contribution in [3.63, 3.8) is 0 Å². The number of halogens is 2. The first-order chi connectivity index (χ1) is 12.9. The van der Waals surface area contributed by atoms with Crippen molar-refractivity contribution in [1.82, 2.24) is 4.90 Å². The lowest BCUT2D eigenvalue weighted by Gasteiger charge is -2.36. The number of hydrogen-bond acceptors (Lipinski definition) is 3. The normalized spacial score (nSPS) is 15.6. The number of carbonyl (C=O) groups is 2. The number of para-hydroxylation sites is 1. The molecule has 0 spiro atoms. The molecule has 7 heteroatoms. The Morgan fingerprint density at radius 3 is 2.56 bits per heavy atom. The summed E-state index contributed by atoms with van der Waals surface area (Å²) in [5.41, 5.74) is 1.81. The number of ether oxygens (including phenoxy) is 1. The average molecular weight is 374 g/mol. The highest BCUT2D eigenvalue weighted by molar-refractivity contribution is 5.99. The number of anilines is 1. The molecule has 1 aliphatic rings. The highest BCUT2D eigenvalue weighted by atomic mass is 19.1. The van der Waals surface area contributed by atoms with Crippen LogP contribution in [0.3, 0.4) is 0 Å². The zero-order chi connectivity index (χ0) is 19.6. The Labute approximate surface area is 156 Å². The molecule has 1 saturated heterocycles. The summed E-state index contributed by atoms with van der Waals surface area (Å²) in [5.74, 6) is -2.42. The first-order valence-corrected chi connectivity index (χ1v) is 8.63. The summed E-state index contributed by atoms with van der Waals surface area (Å²) >= 11 is 0. The van der Waals surface area contributed by atoms with E-state index < -0.39 is 23.6 Å². The minimum atomic E-state index is -0.997. The van der Waals surface area contributed by atoms with Gasteiger partial charge in [-0.3, -0.25) is 9.59 Å². The first kappa shape index (κ1) is 18.8. The van der Waals surface area contributed by atoms with Crippen molar-refractivity contribution in [3.8, 4) is 5.75 Å². The topological polar surface area (TPSA) is 49.9 Å². The summed E-state index contributed by atoms with van der Waals surface area (Å²) < 4.78 is 32.0. The average Bonchev–Trinajstić information content (AvgIpc) is 2.64. The Morgan fingerprint density at radius 2 is 1.89 bits per heavy atom. The Balaban J connectivity index is 1.65. The summed E-state index contributed by atoms with van der Waals surface area (Å²) in [4.78, 5) is 28.1. The van der Waals surface area contributed by atoms with E-state index in [2.05, 4.69) is 0 Å². The highest BCUT2D eigenvalue weighted by Gasteiger charge is 2.31. The molecule has 1 fully saturated rings. The van der Waals surface area contributed by atoms with Gasteiger partial charge in [0.25, 0.3) is 5.91 Å². The van der Waals surface area contributed by atoms with Crippen LogP contribution >= 0.6 is 0 Å². The summed E-state index contributed by atoms with van der Waals surface area (Å²) in [6.45, 7) is 4.04. The molecule has 2 aromatic carbocycles. The highest BCUT2D eigenvalue weighted by Crippen LogP contribution is 2.23. The molecule has 0 bridgehead atoms. The third-order valence-electron chi connectivity index (χ3n) is 4.48. The largest absolute Gasteiger partial charge is 0.478 e. The third kappa shape index (κ3) is 4.07. The van der Waals surface area contributed by atoms with E-state index in [4.69, 9.17) is 4.74 Å². The molecule has 0 aliphatic carbocycles. The maximum atomic E-state index is 13.7. The lowest BCUT2D eigenvalue weighted by Crippen LogP contribution is -2.55. The van der Waals surface area contributed by atoms with Gasteiger partial charge in [0.15, 0.2) is 17.7 Å².